The van der Waals surface area contributed by atoms with Gasteiger partial charge in [-0.1, -0.05) is 0 Å². The molecule has 0 saturated carbocycles. The van der Waals surface area contributed by atoms with Crippen LogP contribution in [0, 0.1) is 0 Å². The summed E-state index contributed by atoms with van der Waals surface area (Å²) in [6, 6.07) is 3.86. The van der Waals surface area contributed by atoms with E-state index in [4.69, 9.17) is 0 Å². The number of hydrogen-bond donors (Lipinski definition) is 0. The Bertz CT molecular complexity index is 576. The Morgan fingerprint density at radius 2 is 2.25 bits per heavy atom. The van der Waals surface area contributed by atoms with Crippen LogP contribution in [0.5, 0.6) is 0 Å². The van der Waals surface area contributed by atoms with Crippen LogP contribution in [0.15, 0.2) is 37.1 Å². The van der Waals surface area contributed by atoms with Gasteiger partial charge < -0.3 is 9.30 Å². The van der Waals surface area contributed by atoms with Crippen LogP contribution in [0.1, 0.15) is 26.7 Å². The van der Waals surface area contributed by atoms with Crippen molar-refractivity contribution in [3.05, 3.63) is 37.1 Å². The lowest BCUT2D eigenvalue weighted by molar-refractivity contribution is -0.141. The molecule has 5 heteroatoms. The molecule has 2 heterocycles. The van der Waals surface area contributed by atoms with Crippen molar-refractivity contribution in [2.75, 3.05) is 7.11 Å². The maximum Gasteiger partial charge on any atom is 0.305 e. The summed E-state index contributed by atoms with van der Waals surface area (Å²) in [7, 11) is 1.41. The molecule has 2 aromatic rings. The van der Waals surface area contributed by atoms with E-state index in [1.54, 1.807) is 18.7 Å². The number of aromatic nitrogens is 3. The Labute approximate surface area is 118 Å². The van der Waals surface area contributed by atoms with Crippen LogP contribution in [0.2, 0.25) is 0 Å². The van der Waals surface area contributed by atoms with E-state index in [2.05, 4.69) is 28.6 Å². The lowest BCUT2D eigenvalue weighted by atomic mass is 9.98. The fraction of sp³-hybridized carbons (Fsp3) is 0.400. The van der Waals surface area contributed by atoms with Crippen molar-refractivity contribution < 1.29 is 9.53 Å². The molecule has 0 N–H and O–H groups in total. The molecule has 0 fully saturated rings. The van der Waals surface area contributed by atoms with Gasteiger partial charge in [0.1, 0.15) is 0 Å². The molecule has 106 valence electrons. The summed E-state index contributed by atoms with van der Waals surface area (Å²) in [5, 5.41) is 0. The van der Waals surface area contributed by atoms with E-state index in [1.165, 1.54) is 7.11 Å². The molecule has 0 saturated heterocycles. The predicted octanol–water partition coefficient (Wildman–Crippen LogP) is 2.63. The number of ether oxygens (including phenoxy) is 1. The Balaban J connectivity index is 2.13. The van der Waals surface area contributed by atoms with E-state index in [-0.39, 0.29) is 11.5 Å². The summed E-state index contributed by atoms with van der Waals surface area (Å²) < 4.78 is 6.71. The van der Waals surface area contributed by atoms with E-state index in [0.717, 1.165) is 11.3 Å². The fourth-order valence-electron chi connectivity index (χ4n) is 1.96. The normalized spacial score (nSPS) is 11.3. The molecule has 0 amide bonds. The first kappa shape index (κ1) is 14.2. The summed E-state index contributed by atoms with van der Waals surface area (Å²) in [6.45, 7) is 4.15. The van der Waals surface area contributed by atoms with Crippen molar-refractivity contribution in [3.63, 3.8) is 0 Å². The number of nitrogens with zero attached hydrogens (tertiary/aromatic N) is 3. The van der Waals surface area contributed by atoms with Crippen molar-refractivity contribution >= 4 is 5.97 Å². The predicted molar refractivity (Wildman–Crippen MR) is 76.0 cm³/mol. The molecule has 0 aliphatic rings. The molecule has 0 aromatic carbocycles. The minimum absolute atomic E-state index is 0.189. The van der Waals surface area contributed by atoms with Gasteiger partial charge in [0.2, 0.25) is 0 Å². The molecule has 2 rings (SSSR count). The van der Waals surface area contributed by atoms with E-state index < -0.39 is 0 Å². The van der Waals surface area contributed by atoms with Crippen molar-refractivity contribution in [1.82, 2.24) is 14.5 Å². The van der Waals surface area contributed by atoms with Crippen LogP contribution in [-0.2, 0) is 15.1 Å². The third kappa shape index (κ3) is 3.23. The molecular weight excluding hydrogens is 254 g/mol. The molecular formula is C15H19N3O2. The highest BCUT2D eigenvalue weighted by molar-refractivity contribution is 5.69. The van der Waals surface area contributed by atoms with Crippen LogP contribution in [0.25, 0.3) is 11.3 Å². The zero-order chi connectivity index (χ0) is 14.6. The van der Waals surface area contributed by atoms with Gasteiger partial charge in [0.15, 0.2) is 0 Å². The Kier molecular flexibility index (Phi) is 4.17. The first-order valence-electron chi connectivity index (χ1n) is 6.54. The zero-order valence-electron chi connectivity index (χ0n) is 12.0. The van der Waals surface area contributed by atoms with Crippen LogP contribution in [-0.4, -0.2) is 27.6 Å². The van der Waals surface area contributed by atoms with Crippen molar-refractivity contribution in [2.45, 2.75) is 32.2 Å². The van der Waals surface area contributed by atoms with Gasteiger partial charge in [0.05, 0.1) is 19.1 Å². The van der Waals surface area contributed by atoms with Crippen LogP contribution >= 0.6 is 0 Å². The highest BCUT2D eigenvalue weighted by atomic mass is 16.5. The summed E-state index contributed by atoms with van der Waals surface area (Å²) >= 11 is 0. The van der Waals surface area contributed by atoms with Gasteiger partial charge in [-0.3, -0.25) is 9.78 Å². The second-order valence-corrected chi connectivity index (χ2v) is 5.30. The molecule has 0 radical (unpaired) electrons. The number of carbonyl (C=O) groups is 1. The second-order valence-electron chi connectivity index (χ2n) is 5.30. The van der Waals surface area contributed by atoms with Crippen molar-refractivity contribution in [1.29, 1.82) is 0 Å². The molecule has 5 nitrogen and oxygen atoms in total. The lowest BCUT2D eigenvalue weighted by Gasteiger charge is -2.25. The van der Waals surface area contributed by atoms with E-state index >= 15 is 0 Å². The summed E-state index contributed by atoms with van der Waals surface area (Å²) in [5.74, 6) is -0.189. The molecule has 0 bridgehead atoms. The lowest BCUT2D eigenvalue weighted by Crippen LogP contribution is -2.26. The van der Waals surface area contributed by atoms with Gasteiger partial charge in [-0.2, -0.15) is 0 Å². The third-order valence-electron chi connectivity index (χ3n) is 3.41. The van der Waals surface area contributed by atoms with Crippen LogP contribution in [0.3, 0.4) is 0 Å². The monoisotopic (exact) mass is 273 g/mol. The van der Waals surface area contributed by atoms with E-state index in [9.17, 15) is 4.79 Å². The minimum atomic E-state index is -0.193. The number of methoxy groups -OCH3 is 1. The number of carbonyl (C=O) groups excluding carboxylic acids is 1. The van der Waals surface area contributed by atoms with Gasteiger partial charge >= 0.3 is 5.97 Å². The second kappa shape index (κ2) is 5.86. The Morgan fingerprint density at radius 3 is 2.90 bits per heavy atom. The van der Waals surface area contributed by atoms with Gasteiger partial charge in [-0.25, -0.2) is 4.98 Å². The Morgan fingerprint density at radius 1 is 1.45 bits per heavy atom. The maximum atomic E-state index is 11.3. The Hall–Kier alpha value is -2.17. The smallest absolute Gasteiger partial charge is 0.305 e. The highest BCUT2D eigenvalue weighted by Crippen LogP contribution is 2.25. The van der Waals surface area contributed by atoms with Gasteiger partial charge in [0.25, 0.3) is 0 Å². The average Bonchev–Trinajstić information content (AvgIpc) is 2.96. The number of pyridine rings is 1. The number of esters is 1. The number of hydrogen-bond acceptors (Lipinski definition) is 4. The van der Waals surface area contributed by atoms with Crippen molar-refractivity contribution in [2.24, 2.45) is 0 Å². The maximum absolute atomic E-state index is 11.3. The molecule has 0 spiro atoms. The fourth-order valence-corrected chi connectivity index (χ4v) is 1.96. The first-order chi connectivity index (χ1) is 9.53. The van der Waals surface area contributed by atoms with Gasteiger partial charge in [-0.05, 0) is 32.4 Å². The standard InChI is InChI=1S/C15H19N3O2/c1-15(2,7-6-14(19)20-3)18-10-13(17-11-18)12-5-4-8-16-9-12/h4-5,8-11H,6-7H2,1-3H3. The van der Waals surface area contributed by atoms with E-state index in [0.29, 0.717) is 12.8 Å². The number of rotatable bonds is 5. The number of imidazole rings is 1. The molecule has 2 aromatic heterocycles. The molecule has 0 aliphatic carbocycles. The highest BCUT2D eigenvalue weighted by Gasteiger charge is 2.22. The van der Waals surface area contributed by atoms with Gasteiger partial charge in [0, 0.05) is 36.1 Å². The molecule has 0 aliphatic heterocycles. The molecule has 20 heavy (non-hydrogen) atoms. The molecule has 0 atom stereocenters. The largest absolute Gasteiger partial charge is 0.469 e. The summed E-state index contributed by atoms with van der Waals surface area (Å²) in [5.41, 5.74) is 1.67. The minimum Gasteiger partial charge on any atom is -0.469 e. The van der Waals surface area contributed by atoms with E-state index in [1.807, 2.05) is 22.9 Å². The summed E-state index contributed by atoms with van der Waals surface area (Å²) in [6.07, 6.45) is 8.38. The average molecular weight is 273 g/mol. The third-order valence-corrected chi connectivity index (χ3v) is 3.41. The summed E-state index contributed by atoms with van der Waals surface area (Å²) in [4.78, 5) is 19.8. The van der Waals surface area contributed by atoms with Gasteiger partial charge in [-0.15, -0.1) is 0 Å². The first-order valence-corrected chi connectivity index (χ1v) is 6.54. The SMILES string of the molecule is COC(=O)CCC(C)(C)n1cnc(-c2cccnc2)c1. The van der Waals surface area contributed by atoms with Crippen LogP contribution < -0.4 is 0 Å². The quantitative estimate of drug-likeness (QED) is 0.786. The van der Waals surface area contributed by atoms with Crippen LogP contribution in [0.4, 0.5) is 0 Å². The van der Waals surface area contributed by atoms with Crippen molar-refractivity contribution in [3.8, 4) is 11.3 Å². The topological polar surface area (TPSA) is 57.0 Å². The zero-order valence-corrected chi connectivity index (χ0v) is 12.0. The molecule has 0 unspecified atom stereocenters.